The minimum absolute atomic E-state index is 0.0284. The van der Waals surface area contributed by atoms with E-state index in [0.717, 1.165) is 70.6 Å². The van der Waals surface area contributed by atoms with Crippen molar-refractivity contribution in [1.82, 2.24) is 0 Å². The highest BCUT2D eigenvalue weighted by molar-refractivity contribution is 5.94. The number of rotatable bonds is 11. The van der Waals surface area contributed by atoms with Crippen LogP contribution in [0.15, 0.2) is 47.1 Å². The Labute approximate surface area is 250 Å². The number of allylic oxidation sites excluding steroid dienone is 4. The van der Waals surface area contributed by atoms with Crippen molar-refractivity contribution in [1.29, 1.82) is 0 Å². The molecule has 0 aliphatic heterocycles. The molecule has 2 fully saturated rings. The van der Waals surface area contributed by atoms with Crippen molar-refractivity contribution in [3.63, 3.8) is 0 Å². The summed E-state index contributed by atoms with van der Waals surface area (Å²) in [6.07, 6.45) is 13.4. The van der Waals surface area contributed by atoms with Crippen LogP contribution in [0, 0.1) is 17.3 Å². The zero-order valence-electron chi connectivity index (χ0n) is 25.9. The predicted octanol–water partition coefficient (Wildman–Crippen LogP) is 7.06. The first-order valence-electron chi connectivity index (χ1n) is 16.0. The number of esters is 1. The molecule has 6 heteroatoms. The molecule has 226 valence electrons. The van der Waals surface area contributed by atoms with Crippen molar-refractivity contribution >= 4 is 29.5 Å². The van der Waals surface area contributed by atoms with E-state index in [1.54, 1.807) is 6.92 Å². The van der Waals surface area contributed by atoms with Gasteiger partial charge in [-0.1, -0.05) is 37.5 Å². The average molecular weight is 574 g/mol. The number of unbranched alkanes of at least 4 members (excludes halogenated alkanes) is 4. The highest BCUT2D eigenvalue weighted by Gasteiger charge is 2.65. The maximum Gasteiger partial charge on any atom is 0.303 e. The summed E-state index contributed by atoms with van der Waals surface area (Å²) in [5.74, 6) is 0.496. The molecular formula is C36H47NO5. The van der Waals surface area contributed by atoms with Gasteiger partial charge in [0.25, 0.3) is 0 Å². The van der Waals surface area contributed by atoms with Gasteiger partial charge in [-0.05, 0) is 105 Å². The van der Waals surface area contributed by atoms with Crippen LogP contribution in [0.2, 0.25) is 0 Å². The Morgan fingerprint density at radius 2 is 1.76 bits per heavy atom. The molecule has 5 rings (SSSR count). The lowest BCUT2D eigenvalue weighted by atomic mass is 9.53. The van der Waals surface area contributed by atoms with Crippen molar-refractivity contribution < 1.29 is 23.9 Å². The van der Waals surface area contributed by atoms with E-state index in [1.807, 2.05) is 6.08 Å². The summed E-state index contributed by atoms with van der Waals surface area (Å²) in [4.78, 5) is 50.9. The van der Waals surface area contributed by atoms with Crippen LogP contribution in [0.1, 0.15) is 109 Å². The molecule has 0 amide bonds. The summed E-state index contributed by atoms with van der Waals surface area (Å²) in [5, 5.41) is 0. The third-order valence-electron chi connectivity index (χ3n) is 11.1. The molecule has 0 N–H and O–H groups in total. The van der Waals surface area contributed by atoms with Crippen molar-refractivity contribution in [3.8, 4) is 0 Å². The molecule has 2 saturated carbocycles. The van der Waals surface area contributed by atoms with E-state index in [2.05, 4.69) is 43.1 Å². The molecule has 5 unspecified atom stereocenters. The van der Waals surface area contributed by atoms with Gasteiger partial charge in [-0.15, -0.1) is 0 Å². The number of ether oxygens (including phenoxy) is 1. The Morgan fingerprint density at radius 3 is 2.45 bits per heavy atom. The third kappa shape index (κ3) is 5.42. The summed E-state index contributed by atoms with van der Waals surface area (Å²) in [6, 6.07) is 8.78. The number of anilines is 1. The molecule has 0 spiro atoms. The third-order valence-corrected chi connectivity index (χ3v) is 11.1. The molecule has 1 aromatic rings. The number of aldehydes is 1. The number of ketones is 2. The van der Waals surface area contributed by atoms with Crippen molar-refractivity contribution in [2.45, 2.75) is 109 Å². The average Bonchev–Trinajstić information content (AvgIpc) is 3.26. The van der Waals surface area contributed by atoms with Gasteiger partial charge in [0.2, 0.25) is 0 Å². The lowest BCUT2D eigenvalue weighted by Crippen LogP contribution is -2.56. The molecule has 42 heavy (non-hydrogen) atoms. The van der Waals surface area contributed by atoms with Gasteiger partial charge >= 0.3 is 5.97 Å². The molecule has 6 nitrogen and oxygen atoms in total. The molecule has 0 radical (unpaired) electrons. The summed E-state index contributed by atoms with van der Waals surface area (Å²) < 4.78 is 5.92. The molecule has 1 aromatic carbocycles. The first-order valence-corrected chi connectivity index (χ1v) is 16.0. The number of fused-ring (bicyclic) bond motifs is 4. The largest absolute Gasteiger partial charge is 0.451 e. The summed E-state index contributed by atoms with van der Waals surface area (Å²) in [5.41, 5.74) is 5.02. The summed E-state index contributed by atoms with van der Waals surface area (Å²) in [6.45, 7) is 6.16. The smallest absolute Gasteiger partial charge is 0.303 e. The van der Waals surface area contributed by atoms with Gasteiger partial charge in [0.1, 0.15) is 6.29 Å². The lowest BCUT2D eigenvalue weighted by Gasteiger charge is -2.52. The van der Waals surface area contributed by atoms with Crippen LogP contribution >= 0.6 is 0 Å². The Bertz CT molecular complexity index is 1290. The Balaban J connectivity index is 1.38. The van der Waals surface area contributed by atoms with Gasteiger partial charge in [0.15, 0.2) is 17.2 Å². The molecule has 5 atom stereocenters. The molecule has 0 saturated heterocycles. The number of hydrogen-bond acceptors (Lipinski definition) is 6. The number of benzene rings is 1. The fourth-order valence-corrected chi connectivity index (χ4v) is 9.00. The van der Waals surface area contributed by atoms with Crippen molar-refractivity contribution in [2.75, 3.05) is 18.5 Å². The van der Waals surface area contributed by atoms with E-state index in [-0.39, 0.29) is 34.8 Å². The van der Waals surface area contributed by atoms with Gasteiger partial charge in [-0.25, -0.2) is 0 Å². The quantitative estimate of drug-likeness (QED) is 0.160. The topological polar surface area (TPSA) is 80.8 Å². The first-order chi connectivity index (χ1) is 20.1. The van der Waals surface area contributed by atoms with E-state index < -0.39 is 5.60 Å². The Hall–Kier alpha value is -3.02. The monoisotopic (exact) mass is 573 g/mol. The van der Waals surface area contributed by atoms with Gasteiger partial charge in [-0.2, -0.15) is 0 Å². The Morgan fingerprint density at radius 1 is 1.02 bits per heavy atom. The Kier molecular flexibility index (Phi) is 8.91. The molecule has 0 aromatic heterocycles. The molecular weight excluding hydrogens is 526 g/mol. The van der Waals surface area contributed by atoms with Gasteiger partial charge in [0.05, 0.1) is 0 Å². The second kappa shape index (κ2) is 12.3. The second-order valence-corrected chi connectivity index (χ2v) is 13.4. The van der Waals surface area contributed by atoms with E-state index in [0.29, 0.717) is 25.2 Å². The fraction of sp³-hybridized carbons (Fsp3) is 0.611. The maximum absolute atomic E-state index is 13.1. The number of carbonyl (C=O) groups excluding carboxylic acids is 4. The van der Waals surface area contributed by atoms with Gasteiger partial charge < -0.3 is 14.4 Å². The van der Waals surface area contributed by atoms with Crippen molar-refractivity contribution in [3.05, 3.63) is 52.6 Å². The van der Waals surface area contributed by atoms with Crippen LogP contribution in [-0.2, 0) is 23.9 Å². The van der Waals surface area contributed by atoms with Crippen LogP contribution in [-0.4, -0.2) is 43.0 Å². The minimum Gasteiger partial charge on any atom is -0.451 e. The fourth-order valence-electron chi connectivity index (χ4n) is 9.00. The van der Waals surface area contributed by atoms with E-state index in [1.165, 1.54) is 34.9 Å². The van der Waals surface area contributed by atoms with Crippen LogP contribution in [0.5, 0.6) is 0 Å². The maximum atomic E-state index is 13.1. The zero-order valence-corrected chi connectivity index (χ0v) is 25.9. The molecule has 0 heterocycles. The molecule has 4 aliphatic rings. The summed E-state index contributed by atoms with van der Waals surface area (Å²) >= 11 is 0. The van der Waals surface area contributed by atoms with E-state index >= 15 is 0 Å². The van der Waals surface area contributed by atoms with Crippen LogP contribution < -0.4 is 4.90 Å². The second-order valence-electron chi connectivity index (χ2n) is 13.4. The normalized spacial score (nSPS) is 30.1. The van der Waals surface area contributed by atoms with Crippen LogP contribution in [0.3, 0.4) is 0 Å². The van der Waals surface area contributed by atoms with E-state index in [9.17, 15) is 19.2 Å². The number of nitrogens with zero attached hydrogens (tertiary/aromatic N) is 1. The van der Waals surface area contributed by atoms with Gasteiger partial charge in [-0.3, -0.25) is 14.4 Å². The van der Waals surface area contributed by atoms with Gasteiger partial charge in [0, 0.05) is 50.4 Å². The molecule has 0 bridgehead atoms. The van der Waals surface area contributed by atoms with Crippen molar-refractivity contribution in [2.24, 2.45) is 17.3 Å². The lowest BCUT2D eigenvalue weighted by molar-refractivity contribution is -0.181. The summed E-state index contributed by atoms with van der Waals surface area (Å²) in [7, 11) is 2.12. The van der Waals surface area contributed by atoms with E-state index in [4.69, 9.17) is 4.74 Å². The van der Waals surface area contributed by atoms with Crippen LogP contribution in [0.25, 0.3) is 0 Å². The number of Topliss-reactive ketones (excluding diaryl/α,β-unsaturated/α-hetero) is 1. The van der Waals surface area contributed by atoms with Crippen LogP contribution in [0.4, 0.5) is 5.69 Å². The predicted molar refractivity (Wildman–Crippen MR) is 164 cm³/mol. The number of carbonyl (C=O) groups is 4. The SMILES string of the molecule is CC(=O)OC1(C(C)=O)CCC2C3CCC4=CC(=O)CC(c5ccc(N(C)CCCCCCC=O)cc5)C4=C3CCC21C. The molecule has 4 aliphatic carbocycles. The first kappa shape index (κ1) is 30.4. The number of hydrogen-bond donors (Lipinski definition) is 0. The highest BCUT2D eigenvalue weighted by atomic mass is 16.6. The standard InChI is InChI=1S/C36H47NO5/c1-24(39)36(42-25(2)40)19-17-33-30-15-12-27-22-29(41)23-32(34(27)31(30)16-18-35(33,36)3)26-10-13-28(14-11-26)37(4)20-8-6-5-7-9-21-38/h10-11,13-14,21-22,30,32-33H,5-9,12,15-20,23H2,1-4H3. The minimum atomic E-state index is -1.03. The zero-order chi connectivity index (χ0) is 30.1. The highest BCUT2D eigenvalue weighted by Crippen LogP contribution is 2.65.